The molecule has 0 heterocycles. The van der Waals surface area contributed by atoms with Gasteiger partial charge in [-0.1, -0.05) is 41.9 Å². The highest BCUT2D eigenvalue weighted by atomic mass is 35.5. The Hall–Kier alpha value is -2.21. The summed E-state index contributed by atoms with van der Waals surface area (Å²) in [6.45, 7) is 1.25. The zero-order valence-electron chi connectivity index (χ0n) is 14.3. The predicted molar refractivity (Wildman–Crippen MR) is 99.5 cm³/mol. The maximum Gasteiger partial charge on any atom is 0.240 e. The number of hydrogen-bond donors (Lipinski definition) is 1. The van der Waals surface area contributed by atoms with Crippen LogP contribution < -0.4 is 10.2 Å². The van der Waals surface area contributed by atoms with E-state index in [1.54, 1.807) is 56.6 Å². The van der Waals surface area contributed by atoms with Gasteiger partial charge in [0.15, 0.2) is 5.78 Å². The molecule has 0 aromatic heterocycles. The first-order valence-electron chi connectivity index (χ1n) is 7.90. The Morgan fingerprint density at radius 1 is 1.16 bits per heavy atom. The summed E-state index contributed by atoms with van der Waals surface area (Å²) in [6.07, 6.45) is 0. The molecule has 5 nitrogen and oxygen atoms in total. The first-order chi connectivity index (χ1) is 12.0. The minimum Gasteiger partial charge on any atom is -0.383 e. The number of methoxy groups -OCH3 is 1. The van der Waals surface area contributed by atoms with Crippen LogP contribution in [-0.2, 0) is 9.53 Å². The molecule has 0 spiro atoms. The molecule has 0 saturated carbocycles. The van der Waals surface area contributed by atoms with Gasteiger partial charge in [0, 0.05) is 36.9 Å². The van der Waals surface area contributed by atoms with Crippen molar-refractivity contribution in [1.29, 1.82) is 0 Å². The van der Waals surface area contributed by atoms with E-state index in [1.807, 2.05) is 6.07 Å². The summed E-state index contributed by atoms with van der Waals surface area (Å²) in [7, 11) is 3.25. The Balaban J connectivity index is 2.23. The lowest BCUT2D eigenvalue weighted by Crippen LogP contribution is -2.37. The second kappa shape index (κ2) is 9.32. The average Bonchev–Trinajstić information content (AvgIpc) is 2.64. The molecule has 0 aliphatic rings. The number of anilines is 1. The molecule has 0 bridgehead atoms. The molecule has 132 valence electrons. The van der Waals surface area contributed by atoms with E-state index in [2.05, 4.69) is 5.32 Å². The fraction of sp³-hybridized carbons (Fsp3) is 0.263. The number of nitrogens with zero attached hydrogens (tertiary/aromatic N) is 1. The number of benzene rings is 2. The van der Waals surface area contributed by atoms with E-state index in [1.165, 1.54) is 4.90 Å². The quantitative estimate of drug-likeness (QED) is 0.581. The van der Waals surface area contributed by atoms with Gasteiger partial charge in [0.1, 0.15) is 0 Å². The first kappa shape index (κ1) is 19.1. The van der Waals surface area contributed by atoms with Gasteiger partial charge in [-0.25, -0.2) is 0 Å². The highest BCUT2D eigenvalue weighted by Gasteiger charge is 2.20. The highest BCUT2D eigenvalue weighted by Crippen LogP contribution is 2.26. The van der Waals surface area contributed by atoms with Crippen LogP contribution in [0.1, 0.15) is 15.9 Å². The van der Waals surface area contributed by atoms with Gasteiger partial charge in [0.05, 0.1) is 18.8 Å². The van der Waals surface area contributed by atoms with Crippen molar-refractivity contribution in [2.75, 3.05) is 38.8 Å². The fourth-order valence-electron chi connectivity index (χ4n) is 2.35. The van der Waals surface area contributed by atoms with Crippen LogP contribution in [0.2, 0.25) is 5.02 Å². The van der Waals surface area contributed by atoms with Crippen molar-refractivity contribution in [3.63, 3.8) is 0 Å². The van der Waals surface area contributed by atoms with E-state index in [0.717, 1.165) is 0 Å². The van der Waals surface area contributed by atoms with Crippen molar-refractivity contribution in [2.45, 2.75) is 0 Å². The molecule has 25 heavy (non-hydrogen) atoms. The Labute approximate surface area is 152 Å². The van der Waals surface area contributed by atoms with Crippen LogP contribution >= 0.6 is 11.6 Å². The molecule has 2 aromatic rings. The minimum absolute atomic E-state index is 0.152. The summed E-state index contributed by atoms with van der Waals surface area (Å²) < 4.78 is 4.93. The van der Waals surface area contributed by atoms with Gasteiger partial charge in [-0.15, -0.1) is 0 Å². The molecule has 2 rings (SSSR count). The fourth-order valence-corrected chi connectivity index (χ4v) is 2.52. The summed E-state index contributed by atoms with van der Waals surface area (Å²) in [6, 6.07) is 13.9. The van der Waals surface area contributed by atoms with E-state index in [-0.39, 0.29) is 18.2 Å². The standard InChI is InChI=1S/C19H21ClN2O3/c1-22(18(23)13-21-10-11-25-2)17-9-8-15(20)12-16(17)19(24)14-6-4-3-5-7-14/h3-9,12,21H,10-11,13H2,1-2H3. The van der Waals surface area contributed by atoms with E-state index >= 15 is 0 Å². The van der Waals surface area contributed by atoms with Gasteiger partial charge in [0.25, 0.3) is 0 Å². The number of nitrogens with one attached hydrogen (secondary N) is 1. The van der Waals surface area contributed by atoms with Crippen LogP contribution in [0.15, 0.2) is 48.5 Å². The summed E-state index contributed by atoms with van der Waals surface area (Å²) in [5.41, 5.74) is 1.47. The van der Waals surface area contributed by atoms with Crippen molar-refractivity contribution in [2.24, 2.45) is 0 Å². The van der Waals surface area contributed by atoms with Gasteiger partial charge in [-0.05, 0) is 18.2 Å². The number of ether oxygens (including phenoxy) is 1. The van der Waals surface area contributed by atoms with Crippen LogP contribution in [0.25, 0.3) is 0 Å². The zero-order valence-corrected chi connectivity index (χ0v) is 15.0. The number of halogens is 1. The van der Waals surface area contributed by atoms with Crippen molar-refractivity contribution < 1.29 is 14.3 Å². The van der Waals surface area contributed by atoms with E-state index < -0.39 is 0 Å². The van der Waals surface area contributed by atoms with Crippen LogP contribution in [0.4, 0.5) is 5.69 Å². The number of carbonyl (C=O) groups is 2. The Morgan fingerprint density at radius 3 is 2.56 bits per heavy atom. The van der Waals surface area contributed by atoms with Crippen LogP contribution in [0.3, 0.4) is 0 Å². The van der Waals surface area contributed by atoms with E-state index in [9.17, 15) is 9.59 Å². The van der Waals surface area contributed by atoms with E-state index in [0.29, 0.717) is 35.0 Å². The van der Waals surface area contributed by atoms with Crippen LogP contribution in [0.5, 0.6) is 0 Å². The van der Waals surface area contributed by atoms with Crippen molar-refractivity contribution in [3.05, 3.63) is 64.7 Å². The highest BCUT2D eigenvalue weighted by molar-refractivity contribution is 6.31. The van der Waals surface area contributed by atoms with Crippen molar-refractivity contribution in [3.8, 4) is 0 Å². The maximum atomic E-state index is 12.8. The molecule has 0 unspecified atom stereocenters. The second-order valence-corrected chi connectivity index (χ2v) is 5.92. The molecule has 0 atom stereocenters. The molecule has 0 aliphatic heterocycles. The minimum atomic E-state index is -0.176. The largest absolute Gasteiger partial charge is 0.383 e. The van der Waals surface area contributed by atoms with Gasteiger partial charge >= 0.3 is 0 Å². The number of carbonyl (C=O) groups excluding carboxylic acids is 2. The molecular weight excluding hydrogens is 340 g/mol. The second-order valence-electron chi connectivity index (χ2n) is 5.48. The maximum absolute atomic E-state index is 12.8. The molecule has 0 saturated heterocycles. The normalized spacial score (nSPS) is 10.5. The zero-order chi connectivity index (χ0) is 18.2. The van der Waals surface area contributed by atoms with Gasteiger partial charge in [0.2, 0.25) is 5.91 Å². The Kier molecular flexibility index (Phi) is 7.13. The summed E-state index contributed by atoms with van der Waals surface area (Å²) >= 11 is 6.07. The molecule has 6 heteroatoms. The monoisotopic (exact) mass is 360 g/mol. The average molecular weight is 361 g/mol. The number of likely N-dealkylation sites (N-methyl/N-ethyl adjacent to an activating group) is 1. The van der Waals surface area contributed by atoms with Crippen LogP contribution in [0, 0.1) is 0 Å². The van der Waals surface area contributed by atoms with Gasteiger partial charge in [-0.3, -0.25) is 9.59 Å². The molecule has 1 N–H and O–H groups in total. The summed E-state index contributed by atoms with van der Waals surface area (Å²) in [4.78, 5) is 26.7. The molecular formula is C19H21ClN2O3. The third kappa shape index (κ3) is 5.13. The molecule has 0 radical (unpaired) electrons. The van der Waals surface area contributed by atoms with Gasteiger partial charge < -0.3 is 15.0 Å². The number of rotatable bonds is 8. The lowest BCUT2D eigenvalue weighted by Gasteiger charge is -2.21. The number of amides is 1. The Morgan fingerprint density at radius 2 is 1.88 bits per heavy atom. The smallest absolute Gasteiger partial charge is 0.240 e. The number of hydrogen-bond acceptors (Lipinski definition) is 4. The SMILES string of the molecule is COCCNCC(=O)N(C)c1ccc(Cl)cc1C(=O)c1ccccc1. The van der Waals surface area contributed by atoms with Crippen LogP contribution in [-0.4, -0.2) is 45.5 Å². The first-order valence-corrected chi connectivity index (χ1v) is 8.28. The summed E-state index contributed by atoms with van der Waals surface area (Å²) in [5.74, 6) is -0.328. The molecule has 1 amide bonds. The lowest BCUT2D eigenvalue weighted by molar-refractivity contribution is -0.117. The van der Waals surface area contributed by atoms with E-state index in [4.69, 9.17) is 16.3 Å². The Bertz CT molecular complexity index is 735. The molecule has 2 aromatic carbocycles. The lowest BCUT2D eigenvalue weighted by atomic mass is 10.0. The van der Waals surface area contributed by atoms with Crippen molar-refractivity contribution in [1.82, 2.24) is 5.32 Å². The molecule has 0 fully saturated rings. The van der Waals surface area contributed by atoms with Gasteiger partial charge in [-0.2, -0.15) is 0 Å². The third-order valence-electron chi connectivity index (χ3n) is 3.73. The topological polar surface area (TPSA) is 58.6 Å². The summed E-state index contributed by atoms with van der Waals surface area (Å²) in [5, 5.41) is 3.45. The number of ketones is 1. The molecule has 0 aliphatic carbocycles. The third-order valence-corrected chi connectivity index (χ3v) is 3.97. The predicted octanol–water partition coefficient (Wildman–Crippen LogP) is 2.77. The van der Waals surface area contributed by atoms with Crippen molar-refractivity contribution >= 4 is 29.0 Å².